The van der Waals surface area contributed by atoms with Gasteiger partial charge in [-0.05, 0) is 29.7 Å². The zero-order chi connectivity index (χ0) is 21.1. The van der Waals surface area contributed by atoms with Gasteiger partial charge < -0.3 is 10.4 Å². The molecule has 148 valence electrons. The first-order valence-corrected chi connectivity index (χ1v) is 10.4. The predicted molar refractivity (Wildman–Crippen MR) is 129 cm³/mol. The van der Waals surface area contributed by atoms with Gasteiger partial charge in [0.15, 0.2) is 17.4 Å². The summed E-state index contributed by atoms with van der Waals surface area (Å²) in [6.07, 6.45) is 3.61. The van der Waals surface area contributed by atoms with Crippen LogP contribution in [0, 0.1) is 0 Å². The Hall–Kier alpha value is -2.92. The molecule has 4 aromatic rings. The lowest BCUT2D eigenvalue weighted by Gasteiger charge is -2.12. The summed E-state index contributed by atoms with van der Waals surface area (Å²) >= 11 is 18.2. The predicted octanol–water partition coefficient (Wildman–Crippen LogP) is 6.76. The van der Waals surface area contributed by atoms with Crippen molar-refractivity contribution in [1.29, 1.82) is 0 Å². The second-order valence-corrected chi connectivity index (χ2v) is 7.84. The molecule has 1 aromatic heterocycles. The summed E-state index contributed by atoms with van der Waals surface area (Å²) in [4.78, 5) is 0.344. The molecule has 0 bridgehead atoms. The Labute approximate surface area is 189 Å². The molecule has 0 atom stereocenters. The van der Waals surface area contributed by atoms with Crippen molar-refractivity contribution in [3.8, 4) is 0 Å². The molecule has 0 aliphatic carbocycles. The Morgan fingerprint density at radius 3 is 2.40 bits per heavy atom. The number of nitrogens with one attached hydrogen (secondary N) is 1. The average molecular weight is 452 g/mol. The van der Waals surface area contributed by atoms with E-state index in [2.05, 4.69) is 5.32 Å². The number of aliphatic hydroxyl groups excluding tert-OH is 1. The van der Waals surface area contributed by atoms with E-state index in [4.69, 9.17) is 35.4 Å². The van der Waals surface area contributed by atoms with E-state index < -0.39 is 0 Å². The highest BCUT2D eigenvalue weighted by molar-refractivity contribution is 7.81. The largest absolute Gasteiger partial charge is 0.502 e. The fraction of sp³-hybridized carbons (Fsp3) is 0. The third-order valence-electron chi connectivity index (χ3n) is 4.63. The molecule has 0 saturated heterocycles. The molecule has 6 heteroatoms. The van der Waals surface area contributed by atoms with Crippen LogP contribution in [-0.2, 0) is 0 Å². The number of aliphatic hydroxyl groups is 1. The first-order chi connectivity index (χ1) is 14.5. The smallest absolute Gasteiger partial charge is 0.288 e. The van der Waals surface area contributed by atoms with Crippen molar-refractivity contribution in [1.82, 2.24) is 0 Å². The van der Waals surface area contributed by atoms with Crippen LogP contribution < -0.4 is 9.88 Å². The molecular formula is C24H17Cl2N2OS+. The van der Waals surface area contributed by atoms with Gasteiger partial charge in [0, 0.05) is 33.8 Å². The van der Waals surface area contributed by atoms with Crippen molar-refractivity contribution in [2.75, 3.05) is 5.32 Å². The van der Waals surface area contributed by atoms with Gasteiger partial charge in [-0.1, -0.05) is 77.9 Å². The fourth-order valence-electron chi connectivity index (χ4n) is 3.22. The number of hydrogen-bond donors (Lipinski definition) is 2. The number of thiocarbonyl (C=S) groups is 1. The van der Waals surface area contributed by atoms with Crippen LogP contribution >= 0.6 is 35.4 Å². The molecule has 0 saturated carbocycles. The number of halogens is 2. The zero-order valence-corrected chi connectivity index (χ0v) is 18.0. The van der Waals surface area contributed by atoms with Gasteiger partial charge in [0.1, 0.15) is 0 Å². The third-order valence-corrected chi connectivity index (χ3v) is 5.49. The number of fused-ring (bicyclic) bond motifs is 1. The van der Waals surface area contributed by atoms with Crippen molar-refractivity contribution in [2.45, 2.75) is 0 Å². The molecule has 1 heterocycles. The van der Waals surface area contributed by atoms with Gasteiger partial charge in [-0.3, -0.25) is 0 Å². The summed E-state index contributed by atoms with van der Waals surface area (Å²) in [5.41, 5.74) is 1.64. The maximum Gasteiger partial charge on any atom is 0.288 e. The number of benzene rings is 3. The van der Waals surface area contributed by atoms with E-state index in [9.17, 15) is 5.11 Å². The number of rotatable bonds is 4. The van der Waals surface area contributed by atoms with E-state index >= 15 is 0 Å². The minimum Gasteiger partial charge on any atom is -0.502 e. The summed E-state index contributed by atoms with van der Waals surface area (Å²) in [7, 11) is 0. The number of aromatic nitrogens is 1. The Morgan fingerprint density at radius 1 is 0.867 bits per heavy atom. The molecule has 3 nitrogen and oxygen atoms in total. The Morgan fingerprint density at radius 2 is 1.60 bits per heavy atom. The van der Waals surface area contributed by atoms with Gasteiger partial charge >= 0.3 is 0 Å². The maximum absolute atomic E-state index is 11.2. The lowest BCUT2D eigenvalue weighted by Crippen LogP contribution is -2.38. The Bertz CT molecular complexity index is 1270. The fourth-order valence-corrected chi connectivity index (χ4v) is 3.91. The molecule has 0 spiro atoms. The second kappa shape index (κ2) is 8.84. The number of hydrogen-bond acceptors (Lipinski definition) is 2. The molecule has 0 radical (unpaired) electrons. The normalized spacial score (nSPS) is 11.8. The number of nitrogens with zero attached hydrogens (tertiary/aromatic N) is 1. The molecule has 3 aromatic carbocycles. The van der Waals surface area contributed by atoms with Crippen LogP contribution in [0.1, 0.15) is 5.56 Å². The second-order valence-electron chi connectivity index (χ2n) is 6.58. The minimum absolute atomic E-state index is 0.0727. The van der Waals surface area contributed by atoms with E-state index in [1.807, 2.05) is 60.7 Å². The van der Waals surface area contributed by atoms with Crippen LogP contribution in [0.2, 0.25) is 10.0 Å². The zero-order valence-electron chi connectivity index (χ0n) is 15.7. The first kappa shape index (κ1) is 20.4. The van der Waals surface area contributed by atoms with Crippen LogP contribution in [0.4, 0.5) is 5.69 Å². The summed E-state index contributed by atoms with van der Waals surface area (Å²) < 4.78 is 1.74. The molecule has 0 unspecified atom stereocenters. The lowest BCUT2D eigenvalue weighted by molar-refractivity contribution is -0.575. The molecule has 0 amide bonds. The average Bonchev–Trinajstić information content (AvgIpc) is 2.76. The van der Waals surface area contributed by atoms with Crippen LogP contribution in [0.5, 0.6) is 0 Å². The highest BCUT2D eigenvalue weighted by atomic mass is 35.5. The SMILES string of the molecule is O/C(=C(\C(=S)Nc1cccc2ccccc12)[n+]1ccccc1)c1cc(Cl)ccc1Cl. The van der Waals surface area contributed by atoms with Crippen LogP contribution in [0.3, 0.4) is 0 Å². The van der Waals surface area contributed by atoms with Gasteiger partial charge in [0.2, 0.25) is 5.76 Å². The van der Waals surface area contributed by atoms with E-state index in [-0.39, 0.29) is 5.76 Å². The topological polar surface area (TPSA) is 36.1 Å². The Kier molecular flexibility index (Phi) is 6.00. The van der Waals surface area contributed by atoms with Gasteiger partial charge in [0.05, 0.1) is 5.02 Å². The minimum atomic E-state index is -0.0727. The lowest BCUT2D eigenvalue weighted by atomic mass is 10.1. The van der Waals surface area contributed by atoms with E-state index in [1.54, 1.807) is 35.2 Å². The van der Waals surface area contributed by atoms with Crippen molar-refractivity contribution < 1.29 is 9.67 Å². The molecule has 0 aliphatic rings. The van der Waals surface area contributed by atoms with Crippen molar-refractivity contribution in [3.05, 3.63) is 107 Å². The van der Waals surface area contributed by atoms with Crippen molar-refractivity contribution in [3.63, 3.8) is 0 Å². The molecule has 0 aliphatic heterocycles. The summed E-state index contributed by atoms with van der Waals surface area (Å²) in [5.74, 6) is -0.0727. The van der Waals surface area contributed by atoms with Crippen molar-refractivity contribution in [2.24, 2.45) is 0 Å². The molecular weight excluding hydrogens is 435 g/mol. The van der Waals surface area contributed by atoms with Gasteiger partial charge in [-0.2, -0.15) is 4.57 Å². The third kappa shape index (κ3) is 4.17. The Balaban J connectivity index is 1.84. The van der Waals surface area contributed by atoms with Gasteiger partial charge in [-0.25, -0.2) is 0 Å². The van der Waals surface area contributed by atoms with E-state index in [0.29, 0.717) is 26.3 Å². The molecule has 0 fully saturated rings. The molecule has 2 N–H and O–H groups in total. The van der Waals surface area contributed by atoms with E-state index in [0.717, 1.165) is 16.5 Å². The monoisotopic (exact) mass is 451 g/mol. The van der Waals surface area contributed by atoms with Crippen molar-refractivity contribution >= 4 is 68.3 Å². The highest BCUT2D eigenvalue weighted by Crippen LogP contribution is 2.29. The van der Waals surface area contributed by atoms with Gasteiger partial charge in [0.25, 0.3) is 5.70 Å². The van der Waals surface area contributed by atoms with E-state index in [1.165, 1.54) is 0 Å². The van der Waals surface area contributed by atoms with Gasteiger partial charge in [-0.15, -0.1) is 0 Å². The summed E-state index contributed by atoms with van der Waals surface area (Å²) in [6.45, 7) is 0. The first-order valence-electron chi connectivity index (χ1n) is 9.19. The highest BCUT2D eigenvalue weighted by Gasteiger charge is 2.25. The van der Waals surface area contributed by atoms with Crippen LogP contribution in [0.25, 0.3) is 22.2 Å². The maximum atomic E-state index is 11.2. The number of anilines is 1. The molecule has 30 heavy (non-hydrogen) atoms. The summed E-state index contributed by atoms with van der Waals surface area (Å²) in [6, 6.07) is 24.5. The standard InChI is InChI=1S/C24H16Cl2N2OS/c25-17-11-12-20(26)19(15-17)23(29)22(28-13-4-1-5-14-28)24(30)27-21-10-6-8-16-7-2-3-9-18(16)21/h1-15H,(H-,27,29,30)/p+1. The molecule has 4 rings (SSSR count). The summed E-state index contributed by atoms with van der Waals surface area (Å²) in [5, 5.41) is 17.4. The quantitative estimate of drug-likeness (QED) is 0.156. The van der Waals surface area contributed by atoms with Crippen LogP contribution in [0.15, 0.2) is 91.3 Å². The number of pyridine rings is 1. The van der Waals surface area contributed by atoms with Crippen LogP contribution in [-0.4, -0.2) is 10.1 Å².